The van der Waals surface area contributed by atoms with Crippen LogP contribution in [0.5, 0.6) is 0 Å². The highest BCUT2D eigenvalue weighted by Gasteiger charge is 2.34. The minimum Gasteiger partial charge on any atom is -0.197 e. The van der Waals surface area contributed by atoms with E-state index in [0.717, 1.165) is 12.1 Å². The van der Waals surface area contributed by atoms with Gasteiger partial charge in [-0.25, -0.2) is 0 Å². The maximum absolute atomic E-state index is 13.2. The summed E-state index contributed by atoms with van der Waals surface area (Å²) >= 11 is 0. The zero-order chi connectivity index (χ0) is 13.3. The highest BCUT2D eigenvalue weighted by atomic mass is 31.0. The van der Waals surface area contributed by atoms with Gasteiger partial charge in [0.1, 0.15) is 0 Å². The predicted octanol–water partition coefficient (Wildman–Crippen LogP) is 4.58. The molecule has 1 unspecified atom stereocenters. The fourth-order valence-corrected chi connectivity index (χ4v) is 1.82. The van der Waals surface area contributed by atoms with Crippen LogP contribution in [0.2, 0.25) is 0 Å². The molecule has 0 aliphatic rings. The third-order valence-electron chi connectivity index (χ3n) is 2.32. The van der Waals surface area contributed by atoms with Crippen molar-refractivity contribution in [3.63, 3.8) is 0 Å². The molecule has 0 aliphatic carbocycles. The van der Waals surface area contributed by atoms with Gasteiger partial charge < -0.3 is 0 Å². The van der Waals surface area contributed by atoms with E-state index in [4.69, 9.17) is 0 Å². The molecule has 0 radical (unpaired) electrons. The Balaban J connectivity index is 3.30. The molecule has 1 aromatic rings. The summed E-state index contributed by atoms with van der Waals surface area (Å²) < 4.78 is 63.7. The van der Waals surface area contributed by atoms with E-state index in [9.17, 15) is 22.0 Å². The quantitative estimate of drug-likeness (QED) is 0.557. The summed E-state index contributed by atoms with van der Waals surface area (Å²) in [4.78, 5) is 0. The second-order valence-corrected chi connectivity index (χ2v) is 4.47. The highest BCUT2D eigenvalue weighted by molar-refractivity contribution is 7.17. The molecular formula is C11H12F5P. The standard InChI is InChI=1S/C11H12F5P/c1-2-3-7-4-5-8(10(12,13)14)6-9(7)11(15,16)17/h4-6H,2-3,17H2,1H3. The molecule has 0 amide bonds. The Morgan fingerprint density at radius 3 is 2.12 bits per heavy atom. The molecule has 0 saturated carbocycles. The van der Waals surface area contributed by atoms with Gasteiger partial charge in [0, 0.05) is 5.56 Å². The van der Waals surface area contributed by atoms with Gasteiger partial charge in [0.25, 0.3) is 5.66 Å². The average Bonchev–Trinajstić information content (AvgIpc) is 2.15. The van der Waals surface area contributed by atoms with Crippen molar-refractivity contribution in [2.75, 3.05) is 0 Å². The van der Waals surface area contributed by atoms with Gasteiger partial charge in [-0.15, -0.1) is 0 Å². The Hall–Kier alpha value is -0.700. The zero-order valence-electron chi connectivity index (χ0n) is 9.11. The Morgan fingerprint density at radius 1 is 1.12 bits per heavy atom. The molecule has 0 saturated heterocycles. The largest absolute Gasteiger partial charge is 0.416 e. The molecule has 0 N–H and O–H groups in total. The van der Waals surface area contributed by atoms with Gasteiger partial charge in [0.15, 0.2) is 0 Å². The lowest BCUT2D eigenvalue weighted by molar-refractivity contribution is -0.137. The van der Waals surface area contributed by atoms with Crippen molar-refractivity contribution in [3.05, 3.63) is 34.9 Å². The Kier molecular flexibility index (Phi) is 4.13. The highest BCUT2D eigenvalue weighted by Crippen LogP contribution is 2.40. The number of rotatable bonds is 3. The molecule has 1 atom stereocenters. The number of hydrogen-bond donors (Lipinski definition) is 0. The minimum absolute atomic E-state index is 0.250. The first-order valence-corrected chi connectivity index (χ1v) is 5.61. The molecule has 1 rings (SSSR count). The van der Waals surface area contributed by atoms with Crippen LogP contribution in [0.25, 0.3) is 0 Å². The van der Waals surface area contributed by atoms with E-state index in [1.165, 1.54) is 9.24 Å². The van der Waals surface area contributed by atoms with Crippen molar-refractivity contribution >= 4 is 9.24 Å². The summed E-state index contributed by atoms with van der Waals surface area (Å²) in [6.45, 7) is 1.78. The summed E-state index contributed by atoms with van der Waals surface area (Å²) in [5.74, 6) is 0. The molecule has 0 aliphatic heterocycles. The van der Waals surface area contributed by atoms with Gasteiger partial charge in [0.05, 0.1) is 5.56 Å². The van der Waals surface area contributed by atoms with Crippen molar-refractivity contribution in [3.8, 4) is 0 Å². The topological polar surface area (TPSA) is 0 Å². The van der Waals surface area contributed by atoms with Crippen molar-refractivity contribution < 1.29 is 22.0 Å². The first-order chi connectivity index (χ1) is 7.66. The maximum Gasteiger partial charge on any atom is 0.416 e. The number of halogens is 5. The molecule has 0 aromatic heterocycles. The van der Waals surface area contributed by atoms with E-state index >= 15 is 0 Å². The number of benzene rings is 1. The Labute approximate surface area is 98.4 Å². The van der Waals surface area contributed by atoms with Crippen LogP contribution in [0.15, 0.2) is 18.2 Å². The van der Waals surface area contributed by atoms with E-state index in [1.54, 1.807) is 6.92 Å². The van der Waals surface area contributed by atoms with Crippen molar-refractivity contribution in [1.82, 2.24) is 0 Å². The second-order valence-electron chi connectivity index (χ2n) is 3.74. The van der Waals surface area contributed by atoms with Crippen LogP contribution >= 0.6 is 9.24 Å². The van der Waals surface area contributed by atoms with Crippen LogP contribution < -0.4 is 0 Å². The number of alkyl halides is 5. The summed E-state index contributed by atoms with van der Waals surface area (Å²) in [6, 6.07) is 2.49. The SMILES string of the molecule is CCCc1ccc(C(F)(F)F)cc1C(F)(F)P. The van der Waals surface area contributed by atoms with E-state index in [1.807, 2.05) is 0 Å². The van der Waals surface area contributed by atoms with E-state index < -0.39 is 23.0 Å². The Morgan fingerprint density at radius 2 is 1.71 bits per heavy atom. The van der Waals surface area contributed by atoms with Crippen LogP contribution in [0.3, 0.4) is 0 Å². The minimum atomic E-state index is -4.60. The fraction of sp³-hybridized carbons (Fsp3) is 0.455. The fourth-order valence-electron chi connectivity index (χ4n) is 1.55. The summed E-state index contributed by atoms with van der Waals surface area (Å²) in [7, 11) is 1.28. The van der Waals surface area contributed by atoms with Crippen LogP contribution in [0.1, 0.15) is 30.0 Å². The molecule has 0 nitrogen and oxygen atoms in total. The average molecular weight is 270 g/mol. The summed E-state index contributed by atoms with van der Waals surface area (Å²) in [6.07, 6.45) is -3.67. The smallest absolute Gasteiger partial charge is 0.197 e. The monoisotopic (exact) mass is 270 g/mol. The molecule has 17 heavy (non-hydrogen) atoms. The predicted molar refractivity (Wildman–Crippen MR) is 59.0 cm³/mol. The number of aryl methyl sites for hydroxylation is 1. The molecule has 1 aromatic carbocycles. The van der Waals surface area contributed by atoms with Gasteiger partial charge in [-0.2, -0.15) is 22.0 Å². The summed E-state index contributed by atoms with van der Waals surface area (Å²) in [5.41, 5.74) is -4.71. The van der Waals surface area contributed by atoms with Gasteiger partial charge >= 0.3 is 6.18 Å². The molecule has 0 bridgehead atoms. The van der Waals surface area contributed by atoms with Crippen molar-refractivity contribution in [2.45, 2.75) is 31.6 Å². The lowest BCUT2D eigenvalue weighted by Crippen LogP contribution is -2.12. The van der Waals surface area contributed by atoms with Gasteiger partial charge in [0.2, 0.25) is 0 Å². The number of hydrogen-bond acceptors (Lipinski definition) is 0. The third kappa shape index (κ3) is 3.63. The van der Waals surface area contributed by atoms with Crippen molar-refractivity contribution in [1.29, 1.82) is 0 Å². The van der Waals surface area contributed by atoms with Crippen LogP contribution in [-0.4, -0.2) is 0 Å². The van der Waals surface area contributed by atoms with E-state index in [0.29, 0.717) is 18.9 Å². The van der Waals surface area contributed by atoms with Gasteiger partial charge in [-0.1, -0.05) is 28.7 Å². The van der Waals surface area contributed by atoms with Gasteiger partial charge in [-0.3, -0.25) is 0 Å². The molecule has 0 spiro atoms. The molecule has 6 heteroatoms. The van der Waals surface area contributed by atoms with E-state index in [-0.39, 0.29) is 5.56 Å². The molecule has 0 fully saturated rings. The maximum atomic E-state index is 13.2. The van der Waals surface area contributed by atoms with E-state index in [2.05, 4.69) is 0 Å². The molecular weight excluding hydrogens is 258 g/mol. The normalized spacial score (nSPS) is 12.9. The summed E-state index contributed by atoms with van der Waals surface area (Å²) in [5, 5.41) is 0. The lowest BCUT2D eigenvalue weighted by atomic mass is 10.00. The van der Waals surface area contributed by atoms with Crippen LogP contribution in [-0.2, 0) is 18.3 Å². The van der Waals surface area contributed by atoms with Crippen molar-refractivity contribution in [2.24, 2.45) is 0 Å². The van der Waals surface area contributed by atoms with Crippen LogP contribution in [0, 0.1) is 0 Å². The molecule has 0 heterocycles. The first-order valence-electron chi connectivity index (χ1n) is 5.03. The second kappa shape index (κ2) is 4.89. The first kappa shape index (κ1) is 14.4. The lowest BCUT2D eigenvalue weighted by Gasteiger charge is -2.17. The third-order valence-corrected chi connectivity index (χ3v) is 2.63. The molecule has 96 valence electrons. The van der Waals surface area contributed by atoms with Crippen LogP contribution in [0.4, 0.5) is 22.0 Å². The zero-order valence-corrected chi connectivity index (χ0v) is 10.3. The Bertz CT molecular complexity index is 392. The van der Waals surface area contributed by atoms with Gasteiger partial charge in [-0.05, 0) is 24.1 Å².